The Balaban J connectivity index is 1.76. The van der Waals surface area contributed by atoms with Gasteiger partial charge in [0, 0.05) is 15.8 Å². The monoisotopic (exact) mass is 332 g/mol. The number of nitrogens with zero attached hydrogens (tertiary/aromatic N) is 4. The molecule has 0 aliphatic heterocycles. The van der Waals surface area contributed by atoms with Crippen molar-refractivity contribution >= 4 is 22.4 Å². The van der Waals surface area contributed by atoms with E-state index in [9.17, 15) is 4.21 Å². The van der Waals surface area contributed by atoms with Crippen molar-refractivity contribution in [2.24, 2.45) is 0 Å². The van der Waals surface area contributed by atoms with Crippen LogP contribution in [0.4, 0.5) is 0 Å². The number of benzene rings is 2. The largest absolute Gasteiger partial charge is 0.259 e. The fraction of sp³-hybridized carbons (Fsp3) is 0.133. The summed E-state index contributed by atoms with van der Waals surface area (Å²) in [6, 6.07) is 16.9. The van der Waals surface area contributed by atoms with E-state index < -0.39 is 10.8 Å². The fourth-order valence-corrected chi connectivity index (χ4v) is 3.50. The summed E-state index contributed by atoms with van der Waals surface area (Å²) in [6.45, 7) is 0. The summed E-state index contributed by atoms with van der Waals surface area (Å²) < 4.78 is 14.0. The van der Waals surface area contributed by atoms with E-state index in [2.05, 4.69) is 15.5 Å². The Kier molecular flexibility index (Phi) is 4.60. The summed E-state index contributed by atoms with van der Waals surface area (Å²) in [4.78, 5) is 0. The predicted molar refractivity (Wildman–Crippen MR) is 86.2 cm³/mol. The van der Waals surface area contributed by atoms with Gasteiger partial charge in [0.25, 0.3) is 0 Å². The maximum absolute atomic E-state index is 12.4. The zero-order valence-electron chi connectivity index (χ0n) is 11.6. The van der Waals surface area contributed by atoms with Gasteiger partial charge in [-0.2, -0.15) is 4.68 Å². The smallest absolute Gasteiger partial charge is 0.169 e. The molecule has 1 heterocycles. The Morgan fingerprint density at radius 3 is 2.50 bits per heavy atom. The van der Waals surface area contributed by atoms with Crippen molar-refractivity contribution in [2.75, 3.05) is 0 Å². The van der Waals surface area contributed by atoms with Crippen LogP contribution in [0.5, 0.6) is 0 Å². The van der Waals surface area contributed by atoms with Crippen LogP contribution in [0.2, 0.25) is 5.02 Å². The van der Waals surface area contributed by atoms with Gasteiger partial charge in [0.15, 0.2) is 5.82 Å². The molecule has 1 aromatic heterocycles. The molecule has 0 aliphatic rings. The first-order chi connectivity index (χ1) is 10.7. The first-order valence-corrected chi connectivity index (χ1v) is 8.51. The third-order valence-electron chi connectivity index (χ3n) is 3.10. The molecule has 5 nitrogen and oxygen atoms in total. The summed E-state index contributed by atoms with van der Waals surface area (Å²) in [5.74, 6) is 1.21. The Bertz CT molecular complexity index is 791. The van der Waals surface area contributed by atoms with Crippen LogP contribution in [0.25, 0.3) is 5.69 Å². The number of aromatic nitrogens is 4. The van der Waals surface area contributed by atoms with Gasteiger partial charge in [-0.25, -0.2) is 0 Å². The molecule has 0 radical (unpaired) electrons. The Morgan fingerprint density at radius 1 is 1.00 bits per heavy atom. The summed E-state index contributed by atoms with van der Waals surface area (Å²) in [5.41, 5.74) is 1.71. The van der Waals surface area contributed by atoms with Crippen LogP contribution in [0.1, 0.15) is 11.4 Å². The first-order valence-electron chi connectivity index (χ1n) is 6.65. The Morgan fingerprint density at radius 2 is 1.73 bits per heavy atom. The Labute approximate surface area is 135 Å². The quantitative estimate of drug-likeness (QED) is 0.720. The maximum atomic E-state index is 12.4. The lowest BCUT2D eigenvalue weighted by molar-refractivity contribution is 0.679. The molecule has 0 amide bonds. The molecular formula is C15H13ClN4OS. The second kappa shape index (κ2) is 6.81. The van der Waals surface area contributed by atoms with Gasteiger partial charge < -0.3 is 0 Å². The molecule has 3 rings (SSSR count). The number of halogens is 1. The number of para-hydroxylation sites is 1. The summed E-state index contributed by atoms with van der Waals surface area (Å²) in [7, 11) is -1.14. The lowest BCUT2D eigenvalue weighted by Crippen LogP contribution is -2.08. The van der Waals surface area contributed by atoms with Gasteiger partial charge in [-0.05, 0) is 34.2 Å². The van der Waals surface area contributed by atoms with Crippen molar-refractivity contribution in [2.45, 2.75) is 11.5 Å². The molecule has 0 saturated carbocycles. The van der Waals surface area contributed by atoms with Gasteiger partial charge in [0.1, 0.15) is 0 Å². The molecule has 0 unspecified atom stereocenters. The van der Waals surface area contributed by atoms with E-state index in [-0.39, 0.29) is 5.75 Å². The van der Waals surface area contributed by atoms with Crippen molar-refractivity contribution in [3.05, 3.63) is 71.0 Å². The fourth-order valence-electron chi connectivity index (χ4n) is 2.05. The van der Waals surface area contributed by atoms with Crippen LogP contribution < -0.4 is 0 Å². The van der Waals surface area contributed by atoms with E-state index in [0.717, 1.165) is 11.3 Å². The molecule has 0 spiro atoms. The molecule has 7 heteroatoms. The predicted octanol–water partition coefficient (Wildman–Crippen LogP) is 2.76. The summed E-state index contributed by atoms with van der Waals surface area (Å²) >= 11 is 6.10. The van der Waals surface area contributed by atoms with Gasteiger partial charge in [0.05, 0.1) is 17.2 Å². The van der Waals surface area contributed by atoms with Crippen molar-refractivity contribution < 1.29 is 4.21 Å². The molecule has 112 valence electrons. The highest BCUT2D eigenvalue weighted by atomic mass is 35.5. The lowest BCUT2D eigenvalue weighted by atomic mass is 10.2. The molecule has 22 heavy (non-hydrogen) atoms. The van der Waals surface area contributed by atoms with Crippen molar-refractivity contribution in [3.8, 4) is 5.69 Å². The number of hydrogen-bond donors (Lipinski definition) is 0. The standard InChI is InChI=1S/C15H13ClN4OS/c16-14-9-5-4-6-12(14)10-22(21)11-15-17-18-19-20(15)13-7-2-1-3-8-13/h1-9H,10-11H2/t22-/m1/s1. The average molecular weight is 333 g/mol. The van der Waals surface area contributed by atoms with Gasteiger partial charge >= 0.3 is 0 Å². The topological polar surface area (TPSA) is 60.7 Å². The maximum Gasteiger partial charge on any atom is 0.169 e. The molecule has 3 aromatic rings. The highest BCUT2D eigenvalue weighted by Gasteiger charge is 2.13. The molecule has 1 atom stereocenters. The normalized spacial score (nSPS) is 12.2. The SMILES string of the molecule is O=[S@](Cc1ccccc1Cl)Cc1nnnn1-c1ccccc1. The van der Waals surface area contributed by atoms with Gasteiger partial charge in [0.2, 0.25) is 0 Å². The second-order valence-electron chi connectivity index (χ2n) is 4.66. The van der Waals surface area contributed by atoms with E-state index in [1.165, 1.54) is 0 Å². The summed E-state index contributed by atoms with van der Waals surface area (Å²) in [6.07, 6.45) is 0. The van der Waals surface area contributed by atoms with Gasteiger partial charge in [-0.15, -0.1) is 5.10 Å². The minimum Gasteiger partial charge on any atom is -0.259 e. The molecule has 0 bridgehead atoms. The molecule has 0 aliphatic carbocycles. The van der Waals surface area contributed by atoms with Crippen molar-refractivity contribution in [1.29, 1.82) is 0 Å². The number of tetrazole rings is 1. The highest BCUT2D eigenvalue weighted by molar-refractivity contribution is 7.83. The highest BCUT2D eigenvalue weighted by Crippen LogP contribution is 2.18. The van der Waals surface area contributed by atoms with Crippen LogP contribution in [-0.2, 0) is 22.3 Å². The van der Waals surface area contributed by atoms with Gasteiger partial charge in [-0.3, -0.25) is 4.21 Å². The molecular weight excluding hydrogens is 320 g/mol. The van der Waals surface area contributed by atoms with Crippen LogP contribution in [-0.4, -0.2) is 24.4 Å². The zero-order valence-corrected chi connectivity index (χ0v) is 13.2. The minimum atomic E-state index is -1.14. The van der Waals surface area contributed by atoms with E-state index in [0.29, 0.717) is 16.6 Å². The second-order valence-corrected chi connectivity index (χ2v) is 6.53. The van der Waals surface area contributed by atoms with Crippen LogP contribution in [0.15, 0.2) is 54.6 Å². The van der Waals surface area contributed by atoms with Crippen molar-refractivity contribution in [1.82, 2.24) is 20.2 Å². The van der Waals surface area contributed by atoms with Crippen molar-refractivity contribution in [3.63, 3.8) is 0 Å². The molecule has 0 fully saturated rings. The minimum absolute atomic E-state index is 0.271. The lowest BCUT2D eigenvalue weighted by Gasteiger charge is -2.06. The Hall–Kier alpha value is -2.05. The molecule has 0 saturated heterocycles. The average Bonchev–Trinajstić information content (AvgIpc) is 2.98. The summed E-state index contributed by atoms with van der Waals surface area (Å²) in [5, 5.41) is 12.2. The zero-order chi connectivity index (χ0) is 15.4. The molecule has 0 N–H and O–H groups in total. The van der Waals surface area contributed by atoms with Gasteiger partial charge in [-0.1, -0.05) is 48.0 Å². The number of rotatable bonds is 5. The third kappa shape index (κ3) is 3.40. The number of hydrogen-bond acceptors (Lipinski definition) is 4. The molecule has 2 aromatic carbocycles. The van der Waals surface area contributed by atoms with Crippen LogP contribution in [0, 0.1) is 0 Å². The van der Waals surface area contributed by atoms with E-state index >= 15 is 0 Å². The third-order valence-corrected chi connectivity index (χ3v) is 4.68. The van der Waals surface area contributed by atoms with Crippen LogP contribution in [0.3, 0.4) is 0 Å². The first kappa shape index (κ1) is 14.9. The van der Waals surface area contributed by atoms with E-state index in [4.69, 9.17) is 11.6 Å². The van der Waals surface area contributed by atoms with E-state index in [1.54, 1.807) is 10.7 Å². The van der Waals surface area contributed by atoms with E-state index in [1.807, 2.05) is 48.5 Å². The van der Waals surface area contributed by atoms with Crippen LogP contribution >= 0.6 is 11.6 Å².